The zero-order valence-corrected chi connectivity index (χ0v) is 17.3. The zero-order valence-electron chi connectivity index (χ0n) is 16.5. The smallest absolute Gasteiger partial charge is 0.324 e. The topological polar surface area (TPSA) is 135 Å². The van der Waals surface area contributed by atoms with E-state index in [2.05, 4.69) is 10.0 Å². The molecule has 1 aromatic rings. The number of sulfonamides is 1. The van der Waals surface area contributed by atoms with E-state index in [0.29, 0.717) is 5.75 Å². The summed E-state index contributed by atoms with van der Waals surface area (Å²) in [5.74, 6) is -1.25. The molecule has 0 unspecified atom stereocenters. The first-order valence-electron chi connectivity index (χ1n) is 8.50. The third-order valence-electron chi connectivity index (χ3n) is 4.19. The van der Waals surface area contributed by atoms with Crippen LogP contribution in [0.2, 0.25) is 0 Å². The maximum atomic E-state index is 12.3. The Morgan fingerprint density at radius 3 is 2.25 bits per heavy atom. The van der Waals surface area contributed by atoms with Crippen LogP contribution in [0.3, 0.4) is 0 Å². The molecule has 0 fully saturated rings. The zero-order chi connectivity index (χ0) is 21.5. The third kappa shape index (κ3) is 6.21. The normalized spacial score (nSPS) is 14.5. The predicted octanol–water partition coefficient (Wildman–Crippen LogP) is 0.960. The minimum Gasteiger partial charge on any atom is -0.497 e. The number of nitrogens with one attached hydrogen (secondary N) is 2. The highest BCUT2D eigenvalue weighted by atomic mass is 32.2. The molecule has 0 radical (unpaired) electrons. The van der Waals surface area contributed by atoms with E-state index >= 15 is 0 Å². The van der Waals surface area contributed by atoms with Gasteiger partial charge in [-0.25, -0.2) is 8.42 Å². The molecule has 10 heteroatoms. The highest BCUT2D eigenvalue weighted by molar-refractivity contribution is 7.89. The van der Waals surface area contributed by atoms with Crippen LogP contribution in [-0.2, 0) is 24.3 Å². The lowest BCUT2D eigenvalue weighted by atomic mass is 9.90. The van der Waals surface area contributed by atoms with Gasteiger partial charge in [-0.3, -0.25) is 9.59 Å². The molecule has 2 atom stereocenters. The number of amides is 1. The Kier molecular flexibility index (Phi) is 7.96. The number of rotatable bonds is 9. The van der Waals surface area contributed by atoms with Crippen molar-refractivity contribution < 1.29 is 27.5 Å². The minimum atomic E-state index is -3.96. The summed E-state index contributed by atoms with van der Waals surface area (Å²) < 4.78 is 36.6. The number of hydrogen-bond acceptors (Lipinski definition) is 7. The van der Waals surface area contributed by atoms with E-state index in [1.54, 1.807) is 20.8 Å². The van der Waals surface area contributed by atoms with Crippen molar-refractivity contribution in [2.24, 2.45) is 5.92 Å². The van der Waals surface area contributed by atoms with Gasteiger partial charge in [0.15, 0.2) is 6.61 Å². The Hall–Kier alpha value is -2.64. The number of methoxy groups -OCH3 is 1. The number of nitriles is 1. The summed E-state index contributed by atoms with van der Waals surface area (Å²) in [6.07, 6.45) is 0. The van der Waals surface area contributed by atoms with Gasteiger partial charge in [-0.05, 0) is 44.0 Å². The molecular formula is C18H25N3O6S. The summed E-state index contributed by atoms with van der Waals surface area (Å²) in [6.45, 7) is 5.77. The molecule has 0 saturated heterocycles. The summed E-state index contributed by atoms with van der Waals surface area (Å²) in [5.41, 5.74) is -1.11. The lowest BCUT2D eigenvalue weighted by Gasteiger charge is -2.27. The van der Waals surface area contributed by atoms with Crippen LogP contribution in [0.15, 0.2) is 29.2 Å². The monoisotopic (exact) mass is 411 g/mol. The van der Waals surface area contributed by atoms with E-state index in [-0.39, 0.29) is 10.8 Å². The lowest BCUT2D eigenvalue weighted by Crippen LogP contribution is -2.50. The SMILES string of the molecule is COc1ccc(S(=O)(=O)N[C@@H](C)C(=O)OCC(=O)N[C@@](C)(C#N)C(C)C)cc1. The second-order valence-corrected chi connectivity index (χ2v) is 8.36. The molecule has 1 rings (SSSR count). The fourth-order valence-electron chi connectivity index (χ4n) is 1.99. The van der Waals surface area contributed by atoms with E-state index in [1.165, 1.54) is 38.3 Å². The fraction of sp³-hybridized carbons (Fsp3) is 0.500. The van der Waals surface area contributed by atoms with Gasteiger partial charge in [0.2, 0.25) is 10.0 Å². The van der Waals surface area contributed by atoms with Crippen LogP contribution in [0.1, 0.15) is 27.7 Å². The van der Waals surface area contributed by atoms with Crippen molar-refractivity contribution in [1.82, 2.24) is 10.0 Å². The largest absolute Gasteiger partial charge is 0.497 e. The second-order valence-electron chi connectivity index (χ2n) is 6.64. The Labute approximate surface area is 165 Å². The van der Waals surface area contributed by atoms with Crippen LogP contribution < -0.4 is 14.8 Å². The number of carbonyl (C=O) groups excluding carboxylic acids is 2. The van der Waals surface area contributed by atoms with Crippen LogP contribution in [0.5, 0.6) is 5.75 Å². The molecule has 0 saturated carbocycles. The minimum absolute atomic E-state index is 0.0487. The van der Waals surface area contributed by atoms with Gasteiger partial charge in [0, 0.05) is 0 Å². The number of ether oxygens (including phenoxy) is 2. The van der Waals surface area contributed by atoms with Crippen LogP contribution in [-0.4, -0.2) is 45.6 Å². The van der Waals surface area contributed by atoms with Crippen molar-refractivity contribution in [2.45, 2.75) is 44.2 Å². The van der Waals surface area contributed by atoms with Gasteiger partial charge in [-0.1, -0.05) is 13.8 Å². The van der Waals surface area contributed by atoms with Crippen LogP contribution in [0.4, 0.5) is 0 Å². The lowest BCUT2D eigenvalue weighted by molar-refractivity contribution is -0.150. The molecule has 0 bridgehead atoms. The highest BCUT2D eigenvalue weighted by Crippen LogP contribution is 2.16. The van der Waals surface area contributed by atoms with E-state index in [4.69, 9.17) is 9.47 Å². The summed E-state index contributed by atoms with van der Waals surface area (Å²) in [5, 5.41) is 11.7. The van der Waals surface area contributed by atoms with Gasteiger partial charge in [0.25, 0.3) is 5.91 Å². The van der Waals surface area contributed by atoms with Gasteiger partial charge in [-0.15, -0.1) is 0 Å². The Balaban J connectivity index is 2.65. The molecule has 9 nitrogen and oxygen atoms in total. The first kappa shape index (κ1) is 23.4. The van der Waals surface area contributed by atoms with Crippen LogP contribution in [0, 0.1) is 17.2 Å². The molecule has 2 N–H and O–H groups in total. The Morgan fingerprint density at radius 2 is 1.79 bits per heavy atom. The van der Waals surface area contributed by atoms with Crippen molar-refractivity contribution in [3.63, 3.8) is 0 Å². The maximum absolute atomic E-state index is 12.3. The number of carbonyl (C=O) groups is 2. The second kappa shape index (κ2) is 9.52. The molecular weight excluding hydrogens is 386 g/mol. The summed E-state index contributed by atoms with van der Waals surface area (Å²) in [4.78, 5) is 23.9. The summed E-state index contributed by atoms with van der Waals surface area (Å²) in [7, 11) is -2.51. The molecule has 28 heavy (non-hydrogen) atoms. The predicted molar refractivity (Wildman–Crippen MR) is 101 cm³/mol. The number of benzene rings is 1. The van der Waals surface area contributed by atoms with Crippen molar-refractivity contribution in [2.75, 3.05) is 13.7 Å². The van der Waals surface area contributed by atoms with E-state index in [0.717, 1.165) is 0 Å². The van der Waals surface area contributed by atoms with Gasteiger partial charge in [-0.2, -0.15) is 9.98 Å². The van der Waals surface area contributed by atoms with Crippen molar-refractivity contribution in [3.05, 3.63) is 24.3 Å². The average Bonchev–Trinajstić information content (AvgIpc) is 2.65. The highest BCUT2D eigenvalue weighted by Gasteiger charge is 2.30. The molecule has 0 spiro atoms. The fourth-order valence-corrected chi connectivity index (χ4v) is 3.18. The Bertz CT molecular complexity index is 845. The van der Waals surface area contributed by atoms with Gasteiger partial charge < -0.3 is 14.8 Å². The van der Waals surface area contributed by atoms with Crippen molar-refractivity contribution >= 4 is 21.9 Å². The number of esters is 1. The van der Waals surface area contributed by atoms with Crippen molar-refractivity contribution in [3.8, 4) is 11.8 Å². The quantitative estimate of drug-likeness (QED) is 0.578. The molecule has 0 aromatic heterocycles. The standard InChI is InChI=1S/C18H25N3O6S/c1-12(2)18(4,11-19)20-16(22)10-27-17(23)13(3)21-28(24,25)15-8-6-14(26-5)7-9-15/h6-9,12-13,21H,10H2,1-5H3,(H,20,22)/t13-,18-/m0/s1. The van der Waals surface area contributed by atoms with Gasteiger partial charge >= 0.3 is 5.97 Å². The van der Waals surface area contributed by atoms with E-state index < -0.39 is 40.1 Å². The van der Waals surface area contributed by atoms with Crippen molar-refractivity contribution in [1.29, 1.82) is 5.26 Å². The van der Waals surface area contributed by atoms with E-state index in [1.807, 2.05) is 6.07 Å². The molecule has 0 aliphatic rings. The number of hydrogen-bond donors (Lipinski definition) is 2. The molecule has 1 aromatic carbocycles. The molecule has 1 amide bonds. The van der Waals surface area contributed by atoms with E-state index in [9.17, 15) is 23.3 Å². The summed E-state index contributed by atoms with van der Waals surface area (Å²) >= 11 is 0. The van der Waals surface area contributed by atoms with Crippen LogP contribution in [0.25, 0.3) is 0 Å². The molecule has 0 heterocycles. The van der Waals surface area contributed by atoms with Gasteiger partial charge in [0.05, 0.1) is 18.1 Å². The molecule has 154 valence electrons. The first-order valence-corrected chi connectivity index (χ1v) is 9.98. The van der Waals surface area contributed by atoms with Crippen LogP contribution >= 0.6 is 0 Å². The summed E-state index contributed by atoms with van der Waals surface area (Å²) in [6, 6.07) is 6.41. The number of nitrogens with zero attached hydrogens (tertiary/aromatic N) is 1. The van der Waals surface area contributed by atoms with Gasteiger partial charge in [0.1, 0.15) is 17.3 Å². The third-order valence-corrected chi connectivity index (χ3v) is 5.74. The molecule has 0 aliphatic heterocycles. The maximum Gasteiger partial charge on any atom is 0.324 e. The average molecular weight is 411 g/mol. The first-order chi connectivity index (χ1) is 12.9. The molecule has 0 aliphatic carbocycles. The Morgan fingerprint density at radius 1 is 1.21 bits per heavy atom.